The molecule has 0 spiro atoms. The monoisotopic (exact) mass is 570 g/mol. The number of nitriles is 1. The maximum atomic E-state index is 13.4. The summed E-state index contributed by atoms with van der Waals surface area (Å²) in [7, 11) is 1.73. The van der Waals surface area contributed by atoms with E-state index in [1.165, 1.54) is 4.90 Å². The van der Waals surface area contributed by atoms with Crippen LogP contribution in [0.15, 0.2) is 53.4 Å². The van der Waals surface area contributed by atoms with Gasteiger partial charge in [0, 0.05) is 62.8 Å². The molecular weight excluding hydrogens is 540 g/mol. The molecule has 0 aliphatic carbocycles. The Hall–Kier alpha value is -4.18. The number of hydrogen-bond acceptors (Lipinski definition) is 5. The maximum absolute atomic E-state index is 13.4. The number of alkyl halides is 3. The van der Waals surface area contributed by atoms with E-state index in [0.717, 1.165) is 34.7 Å². The van der Waals surface area contributed by atoms with Crippen LogP contribution < -0.4 is 10.6 Å². The third-order valence-electron chi connectivity index (χ3n) is 8.05. The van der Waals surface area contributed by atoms with Gasteiger partial charge in [-0.2, -0.15) is 23.5 Å². The molecule has 2 saturated heterocycles. The van der Waals surface area contributed by atoms with Gasteiger partial charge in [0.1, 0.15) is 17.2 Å². The van der Waals surface area contributed by atoms with Gasteiger partial charge in [0.2, 0.25) is 0 Å². The van der Waals surface area contributed by atoms with Gasteiger partial charge in [0.15, 0.2) is 0 Å². The molecule has 0 bridgehead atoms. The molecule has 5 rings (SSSR count). The molecule has 1 aromatic carbocycles. The first-order chi connectivity index (χ1) is 19.5. The predicted octanol–water partition coefficient (Wildman–Crippen LogP) is 4.58. The van der Waals surface area contributed by atoms with Gasteiger partial charge in [0.25, 0.3) is 0 Å². The molecule has 2 aromatic rings. The number of aromatic nitrogens is 2. The average Bonchev–Trinajstić information content (AvgIpc) is 3.61. The zero-order valence-electron chi connectivity index (χ0n) is 22.7. The van der Waals surface area contributed by atoms with E-state index in [9.17, 15) is 27.6 Å². The number of amidine groups is 1. The Kier molecular flexibility index (Phi) is 7.61. The molecule has 0 saturated carbocycles. The van der Waals surface area contributed by atoms with Crippen LogP contribution in [0.25, 0.3) is 5.57 Å². The Morgan fingerprint density at radius 3 is 2.68 bits per heavy atom. The number of rotatable bonds is 5. The number of benzene rings is 1. The smallest absolute Gasteiger partial charge is 0.346 e. The van der Waals surface area contributed by atoms with Crippen LogP contribution in [0.1, 0.15) is 37.3 Å². The molecule has 41 heavy (non-hydrogen) atoms. The van der Waals surface area contributed by atoms with Gasteiger partial charge in [-0.1, -0.05) is 0 Å². The van der Waals surface area contributed by atoms with Crippen LogP contribution in [0.5, 0.6) is 0 Å². The quantitative estimate of drug-likeness (QED) is 0.513. The molecule has 2 amide bonds. The fourth-order valence-corrected chi connectivity index (χ4v) is 5.72. The molecule has 9 nitrogen and oxygen atoms in total. The summed E-state index contributed by atoms with van der Waals surface area (Å²) in [4.78, 5) is 20.7. The van der Waals surface area contributed by atoms with E-state index in [-0.39, 0.29) is 6.04 Å². The van der Waals surface area contributed by atoms with E-state index in [1.54, 1.807) is 13.2 Å². The highest BCUT2D eigenvalue weighted by atomic mass is 19.4. The van der Waals surface area contributed by atoms with Gasteiger partial charge < -0.3 is 15.5 Å². The van der Waals surface area contributed by atoms with Crippen LogP contribution >= 0.6 is 0 Å². The number of nitrogens with one attached hydrogen (secondary N) is 2. The van der Waals surface area contributed by atoms with E-state index in [0.29, 0.717) is 51.5 Å². The van der Waals surface area contributed by atoms with Crippen molar-refractivity contribution in [3.63, 3.8) is 0 Å². The molecule has 3 aliphatic rings. The topological polar surface area (TPSA) is 102 Å². The second-order valence-electron chi connectivity index (χ2n) is 10.6. The SMILES string of the molecule is C/N=C1/NC=C/C1=C(/C)c1cnn(C2(CC#N)CN(C3CCN(C(=O)Nc4ccc(F)cc4C(F)(F)F)CC3)C2)c1. The molecule has 2 N–H and O–H groups in total. The minimum Gasteiger partial charge on any atom is -0.346 e. The summed E-state index contributed by atoms with van der Waals surface area (Å²) in [5, 5.41) is 19.6. The van der Waals surface area contributed by atoms with Crippen molar-refractivity contribution in [1.29, 1.82) is 5.26 Å². The molecule has 13 heteroatoms. The molecule has 1 aromatic heterocycles. The second kappa shape index (κ2) is 11.0. The van der Waals surface area contributed by atoms with Crippen LogP contribution in [0, 0.1) is 17.1 Å². The molecule has 0 unspecified atom stereocenters. The molecule has 4 heterocycles. The number of amides is 2. The molecule has 0 atom stereocenters. The van der Waals surface area contributed by atoms with Crippen molar-refractivity contribution in [1.82, 2.24) is 24.9 Å². The summed E-state index contributed by atoms with van der Waals surface area (Å²) in [6.07, 6.45) is 4.34. The van der Waals surface area contributed by atoms with Crippen molar-refractivity contribution < 1.29 is 22.4 Å². The van der Waals surface area contributed by atoms with Crippen molar-refractivity contribution in [2.24, 2.45) is 4.99 Å². The maximum Gasteiger partial charge on any atom is 0.418 e. The zero-order chi connectivity index (χ0) is 29.4. The van der Waals surface area contributed by atoms with Crippen LogP contribution in [-0.2, 0) is 11.7 Å². The van der Waals surface area contributed by atoms with Gasteiger partial charge in [-0.3, -0.25) is 14.6 Å². The number of anilines is 1. The van der Waals surface area contributed by atoms with E-state index in [4.69, 9.17) is 0 Å². The average molecular weight is 571 g/mol. The van der Waals surface area contributed by atoms with Crippen LogP contribution in [0.3, 0.4) is 0 Å². The largest absolute Gasteiger partial charge is 0.418 e. The Morgan fingerprint density at radius 2 is 2.02 bits per heavy atom. The number of carbonyl (C=O) groups is 1. The lowest BCUT2D eigenvalue weighted by atomic mass is 9.84. The van der Waals surface area contributed by atoms with Gasteiger partial charge in [-0.05, 0) is 49.6 Å². The lowest BCUT2D eigenvalue weighted by molar-refractivity contribution is -0.137. The van der Waals surface area contributed by atoms with Crippen molar-refractivity contribution >= 4 is 23.1 Å². The molecular formula is C28H30F4N8O. The number of carbonyl (C=O) groups excluding carboxylic acids is 1. The Labute approximate surface area is 234 Å². The standard InChI is InChI=1S/C28H30F4N8O/c1-18(22-5-10-35-25(22)34-2)19-14-36-40(15-19)27(8-9-33)16-39(17-27)21-6-11-38(12-7-21)26(41)37-24-4-3-20(29)13-23(24)28(30,31)32/h3-5,10,13-15,21H,6-8,11-12,16-17H2,1-2H3,(H,34,35)(H,37,41)/b22-18+. The third kappa shape index (κ3) is 5.56. The fraction of sp³-hybridized carbons (Fsp3) is 0.429. The predicted molar refractivity (Wildman–Crippen MR) is 145 cm³/mol. The fourth-order valence-electron chi connectivity index (χ4n) is 5.72. The first-order valence-electron chi connectivity index (χ1n) is 13.2. The van der Waals surface area contributed by atoms with Crippen molar-refractivity contribution in [3.8, 4) is 6.07 Å². The highest BCUT2D eigenvalue weighted by Gasteiger charge is 2.48. The van der Waals surface area contributed by atoms with E-state index >= 15 is 0 Å². The number of piperidine rings is 1. The summed E-state index contributed by atoms with van der Waals surface area (Å²) in [5.41, 5.74) is 0.793. The summed E-state index contributed by atoms with van der Waals surface area (Å²) < 4.78 is 55.2. The summed E-state index contributed by atoms with van der Waals surface area (Å²) in [6.45, 7) is 3.99. The lowest BCUT2D eigenvalue weighted by Gasteiger charge is -2.53. The van der Waals surface area contributed by atoms with Gasteiger partial charge >= 0.3 is 12.2 Å². The molecule has 0 radical (unpaired) electrons. The Bertz CT molecular complexity index is 1450. The third-order valence-corrected chi connectivity index (χ3v) is 8.05. The number of hydrogen-bond donors (Lipinski definition) is 2. The Balaban J connectivity index is 1.20. The van der Waals surface area contributed by atoms with Crippen LogP contribution in [-0.4, -0.2) is 70.7 Å². The Morgan fingerprint density at radius 1 is 1.29 bits per heavy atom. The zero-order valence-corrected chi connectivity index (χ0v) is 22.7. The minimum atomic E-state index is -4.80. The number of halogens is 4. The van der Waals surface area contributed by atoms with Crippen molar-refractivity contribution in [3.05, 3.63) is 65.4 Å². The number of urea groups is 1. The van der Waals surface area contributed by atoms with Crippen molar-refractivity contribution in [2.75, 3.05) is 38.5 Å². The lowest BCUT2D eigenvalue weighted by Crippen LogP contribution is -2.66. The first kappa shape index (κ1) is 28.4. The second-order valence-corrected chi connectivity index (χ2v) is 10.6. The van der Waals surface area contributed by atoms with Crippen LogP contribution in [0.4, 0.5) is 28.0 Å². The summed E-state index contributed by atoms with van der Waals surface area (Å²) in [5.74, 6) is -0.240. The van der Waals surface area contributed by atoms with Crippen molar-refractivity contribution in [2.45, 2.75) is 43.9 Å². The van der Waals surface area contributed by atoms with E-state index in [1.807, 2.05) is 30.1 Å². The van der Waals surface area contributed by atoms with Gasteiger partial charge in [-0.15, -0.1) is 0 Å². The number of allylic oxidation sites excluding steroid dienone is 1. The van der Waals surface area contributed by atoms with E-state index < -0.39 is 34.8 Å². The highest BCUT2D eigenvalue weighted by molar-refractivity contribution is 6.09. The molecule has 2 fully saturated rings. The normalized spacial score (nSPS) is 21.4. The first-order valence-corrected chi connectivity index (χ1v) is 13.2. The number of aliphatic imine (C=N–C) groups is 1. The van der Waals surface area contributed by atoms with Crippen LogP contribution in [0.2, 0.25) is 0 Å². The van der Waals surface area contributed by atoms with Gasteiger partial charge in [-0.25, -0.2) is 9.18 Å². The van der Waals surface area contributed by atoms with Gasteiger partial charge in [0.05, 0.1) is 29.9 Å². The summed E-state index contributed by atoms with van der Waals surface area (Å²) in [6, 6.07) is 4.00. The molecule has 216 valence electrons. The number of likely N-dealkylation sites (tertiary alicyclic amines) is 2. The molecule has 3 aliphatic heterocycles. The number of nitrogens with zero attached hydrogens (tertiary/aromatic N) is 6. The highest BCUT2D eigenvalue weighted by Crippen LogP contribution is 2.38. The summed E-state index contributed by atoms with van der Waals surface area (Å²) >= 11 is 0. The van der Waals surface area contributed by atoms with E-state index in [2.05, 4.69) is 31.7 Å². The minimum absolute atomic E-state index is 0.166.